The van der Waals surface area contributed by atoms with Crippen LogP contribution >= 0.6 is 0 Å². The smallest absolute Gasteiger partial charge is 0.320 e. The van der Waals surface area contributed by atoms with E-state index in [2.05, 4.69) is 5.32 Å². The summed E-state index contributed by atoms with van der Waals surface area (Å²) in [6, 6.07) is 12.3. The molecular weight excluding hydrogens is 481 g/mol. The zero-order valence-electron chi connectivity index (χ0n) is 19.2. The summed E-state index contributed by atoms with van der Waals surface area (Å²) in [6.45, 7) is 2.34. The minimum Gasteiger partial charge on any atom is -0.320 e. The molecule has 0 unspecified atom stereocenters. The summed E-state index contributed by atoms with van der Waals surface area (Å²) < 4.78 is 67.5. The maximum absolute atomic E-state index is 14.1. The van der Waals surface area contributed by atoms with E-state index in [-0.39, 0.29) is 18.8 Å². The van der Waals surface area contributed by atoms with E-state index in [1.807, 2.05) is 0 Å². The molecule has 0 saturated carbocycles. The summed E-state index contributed by atoms with van der Waals surface area (Å²) in [5, 5.41) is 2.50. The van der Waals surface area contributed by atoms with Crippen molar-refractivity contribution >= 4 is 23.3 Å². The molecule has 5 nitrogen and oxygen atoms in total. The van der Waals surface area contributed by atoms with Gasteiger partial charge in [-0.15, -0.1) is 0 Å². The van der Waals surface area contributed by atoms with Crippen LogP contribution < -0.4 is 10.2 Å². The number of aryl methyl sites for hydroxylation is 1. The molecule has 0 spiro atoms. The van der Waals surface area contributed by atoms with Gasteiger partial charge in [-0.05, 0) is 60.9 Å². The van der Waals surface area contributed by atoms with Gasteiger partial charge in [0.05, 0.1) is 16.9 Å². The molecule has 10 heteroatoms. The van der Waals surface area contributed by atoms with Crippen LogP contribution in [0.1, 0.15) is 33.5 Å². The van der Waals surface area contributed by atoms with E-state index in [1.165, 1.54) is 21.9 Å². The molecule has 0 bridgehead atoms. The van der Waals surface area contributed by atoms with Crippen molar-refractivity contribution in [3.8, 4) is 0 Å². The molecule has 1 saturated heterocycles. The van der Waals surface area contributed by atoms with E-state index in [4.69, 9.17) is 0 Å². The molecule has 1 aliphatic rings. The zero-order valence-corrected chi connectivity index (χ0v) is 19.2. The fourth-order valence-corrected chi connectivity index (χ4v) is 4.10. The Balaban J connectivity index is 1.59. The highest BCUT2D eigenvalue weighted by Crippen LogP contribution is 2.32. The van der Waals surface area contributed by atoms with Crippen molar-refractivity contribution in [1.29, 1.82) is 0 Å². The highest BCUT2D eigenvalue weighted by atomic mass is 19.4. The number of halogens is 5. The second-order valence-corrected chi connectivity index (χ2v) is 8.48. The number of carbonyl (C=O) groups is 2. The first-order valence-electron chi connectivity index (χ1n) is 11.1. The number of hydrogen-bond donors (Lipinski definition) is 1. The molecule has 1 aliphatic heterocycles. The predicted octanol–water partition coefficient (Wildman–Crippen LogP) is 6.38. The van der Waals surface area contributed by atoms with Crippen molar-refractivity contribution in [3.63, 3.8) is 0 Å². The fourth-order valence-electron chi connectivity index (χ4n) is 4.10. The van der Waals surface area contributed by atoms with Gasteiger partial charge in [-0.2, -0.15) is 13.2 Å². The molecular formula is C26H22F5N3O2. The van der Waals surface area contributed by atoms with Crippen LogP contribution in [0.15, 0.2) is 60.7 Å². The van der Waals surface area contributed by atoms with E-state index in [9.17, 15) is 31.5 Å². The summed E-state index contributed by atoms with van der Waals surface area (Å²) in [5.74, 6) is -3.06. The van der Waals surface area contributed by atoms with Gasteiger partial charge in [-0.1, -0.05) is 24.3 Å². The average molecular weight is 503 g/mol. The summed E-state index contributed by atoms with van der Waals surface area (Å²) in [7, 11) is 0. The lowest BCUT2D eigenvalue weighted by Gasteiger charge is -2.36. The second kappa shape index (κ2) is 9.96. The Hall–Kier alpha value is -3.95. The highest BCUT2D eigenvalue weighted by molar-refractivity contribution is 6.08. The Labute approximate surface area is 204 Å². The Kier molecular flexibility index (Phi) is 6.96. The predicted molar refractivity (Wildman–Crippen MR) is 125 cm³/mol. The van der Waals surface area contributed by atoms with E-state index in [0.717, 1.165) is 35.9 Å². The molecule has 1 fully saturated rings. The normalized spacial score (nSPS) is 14.2. The first-order chi connectivity index (χ1) is 17.0. The monoisotopic (exact) mass is 503 g/mol. The van der Waals surface area contributed by atoms with Gasteiger partial charge in [0.1, 0.15) is 17.2 Å². The van der Waals surface area contributed by atoms with Crippen LogP contribution in [0.4, 0.5) is 38.1 Å². The number of benzene rings is 3. The fraction of sp³-hybridized carbons (Fsp3) is 0.231. The zero-order chi connectivity index (χ0) is 26.0. The second-order valence-electron chi connectivity index (χ2n) is 8.48. The Morgan fingerprint density at radius 2 is 1.67 bits per heavy atom. The van der Waals surface area contributed by atoms with Crippen molar-refractivity contribution < 1.29 is 31.5 Å². The third-order valence-corrected chi connectivity index (χ3v) is 5.82. The van der Waals surface area contributed by atoms with Gasteiger partial charge in [-0.3, -0.25) is 9.69 Å². The molecule has 1 N–H and O–H groups in total. The van der Waals surface area contributed by atoms with Crippen LogP contribution in [-0.4, -0.2) is 29.9 Å². The molecule has 36 heavy (non-hydrogen) atoms. The number of nitrogens with zero attached hydrogens (tertiary/aromatic N) is 2. The molecule has 4 rings (SSSR count). The third kappa shape index (κ3) is 5.32. The molecule has 3 aromatic carbocycles. The topological polar surface area (TPSA) is 52.6 Å². The van der Waals surface area contributed by atoms with Crippen molar-refractivity contribution in [1.82, 2.24) is 4.90 Å². The number of nitrogens with one attached hydrogen (secondary N) is 1. The van der Waals surface area contributed by atoms with Crippen molar-refractivity contribution in [2.75, 3.05) is 23.3 Å². The van der Waals surface area contributed by atoms with Gasteiger partial charge in [-0.25, -0.2) is 13.6 Å². The van der Waals surface area contributed by atoms with Crippen LogP contribution in [0.2, 0.25) is 0 Å². The number of urea groups is 1. The first kappa shape index (κ1) is 25.2. The van der Waals surface area contributed by atoms with Crippen LogP contribution in [-0.2, 0) is 12.7 Å². The SMILES string of the molecule is Cc1ccc(N2CCCN(Cc3cccc(C(F)(F)F)c3)C2=O)c(NC(=O)c2c(F)cccc2F)c1. The molecule has 0 aliphatic carbocycles. The van der Waals surface area contributed by atoms with E-state index in [0.29, 0.717) is 24.2 Å². The third-order valence-electron chi connectivity index (χ3n) is 5.82. The van der Waals surface area contributed by atoms with E-state index in [1.54, 1.807) is 25.1 Å². The summed E-state index contributed by atoms with van der Waals surface area (Å²) in [4.78, 5) is 28.8. The maximum atomic E-state index is 14.1. The van der Waals surface area contributed by atoms with Gasteiger partial charge >= 0.3 is 12.2 Å². The highest BCUT2D eigenvalue weighted by Gasteiger charge is 2.32. The Bertz CT molecular complexity index is 1290. The maximum Gasteiger partial charge on any atom is 0.416 e. The molecule has 3 aromatic rings. The van der Waals surface area contributed by atoms with E-state index < -0.39 is 40.9 Å². The Morgan fingerprint density at radius 3 is 2.36 bits per heavy atom. The van der Waals surface area contributed by atoms with Crippen LogP contribution in [0, 0.1) is 18.6 Å². The molecule has 0 aromatic heterocycles. The number of anilines is 2. The number of amides is 3. The minimum absolute atomic E-state index is 0.0345. The molecule has 0 radical (unpaired) electrons. The molecule has 1 heterocycles. The quantitative estimate of drug-likeness (QED) is 0.411. The lowest BCUT2D eigenvalue weighted by Crippen LogP contribution is -2.49. The van der Waals surface area contributed by atoms with Crippen LogP contribution in [0.3, 0.4) is 0 Å². The lowest BCUT2D eigenvalue weighted by atomic mass is 10.1. The van der Waals surface area contributed by atoms with Gasteiger partial charge in [0, 0.05) is 19.6 Å². The minimum atomic E-state index is -4.50. The van der Waals surface area contributed by atoms with Gasteiger partial charge in [0.25, 0.3) is 5.91 Å². The molecule has 0 atom stereocenters. The number of rotatable bonds is 5. The lowest BCUT2D eigenvalue weighted by molar-refractivity contribution is -0.137. The Morgan fingerprint density at radius 1 is 0.972 bits per heavy atom. The van der Waals surface area contributed by atoms with Gasteiger partial charge < -0.3 is 10.2 Å². The molecule has 3 amide bonds. The standard InChI is InChI=1S/C26H22F5N3O2/c1-16-9-10-22(21(13-16)32-24(35)23-19(27)7-3-8-20(23)28)34-12-4-11-33(25(34)36)15-17-5-2-6-18(14-17)26(29,30)31/h2-3,5-10,13-14H,4,11-12,15H2,1H3,(H,32,35). The van der Waals surface area contributed by atoms with Crippen molar-refractivity contribution in [2.45, 2.75) is 26.1 Å². The number of alkyl halides is 3. The van der Waals surface area contributed by atoms with Crippen molar-refractivity contribution in [3.05, 3.63) is 94.6 Å². The van der Waals surface area contributed by atoms with Crippen molar-refractivity contribution in [2.24, 2.45) is 0 Å². The van der Waals surface area contributed by atoms with Crippen LogP contribution in [0.5, 0.6) is 0 Å². The summed E-state index contributed by atoms with van der Waals surface area (Å²) in [5.41, 5.74) is -0.00601. The first-order valence-corrected chi connectivity index (χ1v) is 11.1. The van der Waals surface area contributed by atoms with Gasteiger partial charge in [0.2, 0.25) is 0 Å². The number of hydrogen-bond acceptors (Lipinski definition) is 2. The largest absolute Gasteiger partial charge is 0.416 e. The number of carbonyl (C=O) groups excluding carboxylic acids is 2. The average Bonchev–Trinajstić information content (AvgIpc) is 2.80. The van der Waals surface area contributed by atoms with Crippen LogP contribution in [0.25, 0.3) is 0 Å². The van der Waals surface area contributed by atoms with Gasteiger partial charge in [0.15, 0.2) is 0 Å². The summed E-state index contributed by atoms with van der Waals surface area (Å²) >= 11 is 0. The van der Waals surface area contributed by atoms with E-state index >= 15 is 0 Å². The molecule has 188 valence electrons. The summed E-state index contributed by atoms with van der Waals surface area (Å²) in [6.07, 6.45) is -3.98.